The van der Waals surface area contributed by atoms with E-state index in [0.717, 1.165) is 29.1 Å². The van der Waals surface area contributed by atoms with Crippen LogP contribution in [0.5, 0.6) is 0 Å². The van der Waals surface area contributed by atoms with Gasteiger partial charge in [0.15, 0.2) is 0 Å². The van der Waals surface area contributed by atoms with Gasteiger partial charge in [-0.3, -0.25) is 4.79 Å². The van der Waals surface area contributed by atoms with Crippen molar-refractivity contribution >= 4 is 17.4 Å². The second-order valence-electron chi connectivity index (χ2n) is 6.29. The molecule has 0 aliphatic carbocycles. The van der Waals surface area contributed by atoms with Crippen LogP contribution in [0.15, 0.2) is 66.9 Å². The smallest absolute Gasteiger partial charge is 0.251 e. The summed E-state index contributed by atoms with van der Waals surface area (Å²) in [7, 11) is 0. The van der Waals surface area contributed by atoms with Gasteiger partial charge in [0, 0.05) is 24.0 Å². The number of amides is 1. The Kier molecular flexibility index (Phi) is 6.18. The maximum atomic E-state index is 12.2. The molecule has 0 spiro atoms. The fraction of sp³-hybridized carbons (Fsp3) is 0.182. The average molecular weight is 361 g/mol. The molecule has 27 heavy (non-hydrogen) atoms. The molecule has 2 aromatic carbocycles. The van der Waals surface area contributed by atoms with E-state index in [1.165, 1.54) is 5.56 Å². The van der Waals surface area contributed by atoms with Gasteiger partial charge in [0.25, 0.3) is 5.91 Å². The lowest BCUT2D eigenvalue weighted by Crippen LogP contribution is -2.27. The summed E-state index contributed by atoms with van der Waals surface area (Å²) in [6.07, 6.45) is 2.62. The molecule has 0 bridgehead atoms. The summed E-state index contributed by atoms with van der Waals surface area (Å²) in [5, 5.41) is 14.9. The number of pyridine rings is 1. The molecule has 138 valence electrons. The molecule has 3 N–H and O–H groups in total. The van der Waals surface area contributed by atoms with Gasteiger partial charge >= 0.3 is 0 Å². The number of aliphatic hydroxyl groups excluding tert-OH is 1. The summed E-state index contributed by atoms with van der Waals surface area (Å²) in [6, 6.07) is 19.8. The number of carbonyl (C=O) groups is 1. The molecule has 1 heterocycles. The van der Waals surface area contributed by atoms with Gasteiger partial charge in [-0.05, 0) is 54.3 Å². The lowest BCUT2D eigenvalue weighted by Gasteiger charge is -2.13. The van der Waals surface area contributed by atoms with Crippen LogP contribution in [0, 0.1) is 6.92 Å². The Morgan fingerprint density at radius 2 is 1.85 bits per heavy atom. The van der Waals surface area contributed by atoms with Gasteiger partial charge in [-0.15, -0.1) is 0 Å². The average Bonchev–Trinajstić information content (AvgIpc) is 2.69. The normalized spacial score (nSPS) is 10.4. The summed E-state index contributed by atoms with van der Waals surface area (Å²) in [6.45, 7) is 2.05. The number of anilines is 2. The number of nitrogens with one attached hydrogen (secondary N) is 2. The molecule has 0 radical (unpaired) electrons. The van der Waals surface area contributed by atoms with Crippen LogP contribution in [0.4, 0.5) is 11.5 Å². The van der Waals surface area contributed by atoms with Gasteiger partial charge in [0.1, 0.15) is 5.82 Å². The number of hydrogen-bond acceptors (Lipinski definition) is 4. The molecule has 1 aromatic heterocycles. The minimum absolute atomic E-state index is 0.0825. The van der Waals surface area contributed by atoms with Gasteiger partial charge in [0.05, 0.1) is 6.61 Å². The number of nitrogens with zero attached hydrogens (tertiary/aromatic N) is 1. The number of benzene rings is 2. The van der Waals surface area contributed by atoms with E-state index in [4.69, 9.17) is 5.11 Å². The number of aliphatic hydroxyl groups is 1. The quantitative estimate of drug-likeness (QED) is 0.603. The molecule has 0 fully saturated rings. The molecule has 5 heteroatoms. The minimum atomic E-state index is -0.198. The Morgan fingerprint density at radius 1 is 1.04 bits per heavy atom. The monoisotopic (exact) mass is 361 g/mol. The van der Waals surface area contributed by atoms with E-state index >= 15 is 0 Å². The topological polar surface area (TPSA) is 74.2 Å². The van der Waals surface area contributed by atoms with Crippen LogP contribution < -0.4 is 10.6 Å². The predicted octanol–water partition coefficient (Wildman–Crippen LogP) is 3.45. The van der Waals surface area contributed by atoms with E-state index < -0.39 is 0 Å². The van der Waals surface area contributed by atoms with Crippen molar-refractivity contribution in [1.29, 1.82) is 0 Å². The first kappa shape index (κ1) is 18.6. The van der Waals surface area contributed by atoms with Gasteiger partial charge in [-0.1, -0.05) is 36.4 Å². The molecule has 0 atom stereocenters. The van der Waals surface area contributed by atoms with Crippen molar-refractivity contribution in [3.8, 4) is 0 Å². The van der Waals surface area contributed by atoms with Gasteiger partial charge in [-0.25, -0.2) is 4.98 Å². The fourth-order valence-corrected chi connectivity index (χ4v) is 2.90. The number of carbonyl (C=O) groups excluding carboxylic acids is 1. The molecule has 0 unspecified atom stereocenters. The number of hydrogen-bond donors (Lipinski definition) is 3. The summed E-state index contributed by atoms with van der Waals surface area (Å²) in [5.41, 5.74) is 4.65. The highest BCUT2D eigenvalue weighted by molar-refractivity contribution is 5.97. The highest BCUT2D eigenvalue weighted by atomic mass is 16.3. The molecular weight excluding hydrogens is 338 g/mol. The van der Waals surface area contributed by atoms with Gasteiger partial charge in [0.2, 0.25) is 0 Å². The first-order valence-electron chi connectivity index (χ1n) is 8.92. The van der Waals surface area contributed by atoms with Crippen LogP contribution in [0.1, 0.15) is 27.0 Å². The van der Waals surface area contributed by atoms with Crippen LogP contribution in [0.2, 0.25) is 0 Å². The maximum absolute atomic E-state index is 12.2. The van der Waals surface area contributed by atoms with Crippen LogP contribution in [-0.2, 0) is 6.42 Å². The van der Waals surface area contributed by atoms with Crippen molar-refractivity contribution in [2.45, 2.75) is 13.3 Å². The van der Waals surface area contributed by atoms with E-state index in [1.54, 1.807) is 12.3 Å². The molecular formula is C22H23N3O2. The summed E-state index contributed by atoms with van der Waals surface area (Å²) in [5.74, 6) is 0.537. The van der Waals surface area contributed by atoms with Crippen molar-refractivity contribution in [2.75, 3.05) is 18.5 Å². The van der Waals surface area contributed by atoms with Crippen molar-refractivity contribution in [2.24, 2.45) is 0 Å². The van der Waals surface area contributed by atoms with E-state index in [0.29, 0.717) is 5.56 Å². The lowest BCUT2D eigenvalue weighted by molar-refractivity contribution is 0.0944. The maximum Gasteiger partial charge on any atom is 0.251 e. The van der Waals surface area contributed by atoms with Gasteiger partial charge in [-0.2, -0.15) is 0 Å². The van der Waals surface area contributed by atoms with Crippen molar-refractivity contribution in [3.63, 3.8) is 0 Å². The van der Waals surface area contributed by atoms with Crippen molar-refractivity contribution in [3.05, 3.63) is 89.1 Å². The number of rotatable bonds is 7. The van der Waals surface area contributed by atoms with E-state index in [-0.39, 0.29) is 19.1 Å². The van der Waals surface area contributed by atoms with E-state index in [9.17, 15) is 4.79 Å². The van der Waals surface area contributed by atoms with E-state index in [2.05, 4.69) is 27.8 Å². The van der Waals surface area contributed by atoms with Crippen LogP contribution in [0.3, 0.4) is 0 Å². The summed E-state index contributed by atoms with van der Waals surface area (Å²) < 4.78 is 0. The molecule has 0 aliphatic rings. The molecule has 3 aromatic rings. The Morgan fingerprint density at radius 3 is 2.63 bits per heavy atom. The van der Waals surface area contributed by atoms with E-state index in [1.807, 2.05) is 49.4 Å². The second-order valence-corrected chi connectivity index (χ2v) is 6.29. The summed E-state index contributed by atoms with van der Waals surface area (Å²) >= 11 is 0. The lowest BCUT2D eigenvalue weighted by atomic mass is 10.0. The second kappa shape index (κ2) is 8.96. The Labute approximate surface area is 159 Å². The zero-order valence-corrected chi connectivity index (χ0v) is 15.3. The van der Waals surface area contributed by atoms with Crippen LogP contribution in [-0.4, -0.2) is 29.1 Å². The van der Waals surface area contributed by atoms with Crippen molar-refractivity contribution < 1.29 is 9.90 Å². The predicted molar refractivity (Wildman–Crippen MR) is 107 cm³/mol. The molecule has 5 nitrogen and oxygen atoms in total. The highest BCUT2D eigenvalue weighted by Gasteiger charge is 2.11. The number of aromatic nitrogens is 1. The Hall–Kier alpha value is -3.18. The standard InChI is InChI=1S/C22H23N3O2/c1-16-19(22(27)24-12-13-26)8-5-9-20(16)25-21-15-18(10-11-23-21)14-17-6-3-2-4-7-17/h2-11,15,26H,12-14H2,1H3,(H,23,25)(H,24,27). The third kappa shape index (κ3) is 4.92. The Balaban J connectivity index is 1.77. The largest absolute Gasteiger partial charge is 0.395 e. The third-order valence-electron chi connectivity index (χ3n) is 4.31. The fourth-order valence-electron chi connectivity index (χ4n) is 2.90. The molecule has 0 aliphatic heterocycles. The van der Waals surface area contributed by atoms with Crippen LogP contribution >= 0.6 is 0 Å². The third-order valence-corrected chi connectivity index (χ3v) is 4.31. The zero-order chi connectivity index (χ0) is 19.1. The zero-order valence-electron chi connectivity index (χ0n) is 15.3. The first-order chi connectivity index (χ1) is 13.2. The highest BCUT2D eigenvalue weighted by Crippen LogP contribution is 2.23. The van der Waals surface area contributed by atoms with Crippen molar-refractivity contribution in [1.82, 2.24) is 10.3 Å². The summed E-state index contributed by atoms with van der Waals surface area (Å²) in [4.78, 5) is 16.6. The molecule has 0 saturated heterocycles. The SMILES string of the molecule is Cc1c(Nc2cc(Cc3ccccc3)ccn2)cccc1C(=O)NCCO. The molecule has 0 saturated carbocycles. The Bertz CT molecular complexity index is 910. The van der Waals surface area contributed by atoms with Gasteiger partial charge < -0.3 is 15.7 Å². The minimum Gasteiger partial charge on any atom is -0.395 e. The first-order valence-corrected chi connectivity index (χ1v) is 8.92. The van der Waals surface area contributed by atoms with Crippen LogP contribution in [0.25, 0.3) is 0 Å². The molecule has 3 rings (SSSR count). The molecule has 1 amide bonds.